The van der Waals surface area contributed by atoms with Crippen LogP contribution in [0.25, 0.3) is 17.1 Å². The van der Waals surface area contributed by atoms with Crippen molar-refractivity contribution in [2.24, 2.45) is 5.10 Å². The maximum absolute atomic E-state index is 12.6. The second-order valence-electron chi connectivity index (χ2n) is 11.0. The lowest BCUT2D eigenvalue weighted by Crippen LogP contribution is -2.20. The van der Waals surface area contributed by atoms with Crippen LogP contribution < -0.4 is 10.2 Å². The molecule has 0 fully saturated rings. The van der Waals surface area contributed by atoms with Gasteiger partial charge in [0.2, 0.25) is 0 Å². The van der Waals surface area contributed by atoms with Gasteiger partial charge in [-0.1, -0.05) is 94.3 Å². The number of hydrazone groups is 1. The molecule has 0 spiro atoms. The molecule has 0 saturated heterocycles. The molecule has 41 heavy (non-hydrogen) atoms. The zero-order valence-electron chi connectivity index (χ0n) is 24.6. The Hall–Kier alpha value is -3.91. The van der Waals surface area contributed by atoms with Crippen molar-refractivity contribution >= 4 is 23.9 Å². The molecule has 0 bridgehead atoms. The van der Waals surface area contributed by atoms with Crippen LogP contribution in [0.5, 0.6) is 5.75 Å². The number of carbonyl (C=O) groups excluding carboxylic acids is 1. The Morgan fingerprint density at radius 1 is 0.976 bits per heavy atom. The number of carbonyl (C=O) groups is 1. The molecule has 1 heterocycles. The molecule has 1 aromatic heterocycles. The molecular formula is C33H39N5O2S. The largest absolute Gasteiger partial charge is 0.494 e. The smallest absolute Gasteiger partial charge is 0.250 e. The fourth-order valence-corrected chi connectivity index (χ4v) is 4.87. The van der Waals surface area contributed by atoms with Crippen LogP contribution in [-0.4, -0.2) is 39.2 Å². The Bertz CT molecular complexity index is 1440. The monoisotopic (exact) mass is 569 g/mol. The second kappa shape index (κ2) is 14.1. The van der Waals surface area contributed by atoms with Gasteiger partial charge in [-0.15, -0.1) is 10.2 Å². The molecule has 214 valence electrons. The van der Waals surface area contributed by atoms with Crippen molar-refractivity contribution in [1.29, 1.82) is 0 Å². The average Bonchev–Trinajstić information content (AvgIpc) is 3.39. The molecule has 4 aromatic rings. The highest BCUT2D eigenvalue weighted by Gasteiger charge is 2.19. The van der Waals surface area contributed by atoms with Crippen molar-refractivity contribution in [1.82, 2.24) is 20.2 Å². The van der Waals surface area contributed by atoms with Crippen molar-refractivity contribution in [3.8, 4) is 22.8 Å². The van der Waals surface area contributed by atoms with Crippen LogP contribution in [0.1, 0.15) is 63.6 Å². The normalized spacial score (nSPS) is 11.6. The molecule has 0 atom stereocenters. The number of aromatic nitrogens is 3. The first kappa shape index (κ1) is 30.1. The van der Waals surface area contributed by atoms with Crippen molar-refractivity contribution in [2.75, 3.05) is 12.4 Å². The number of nitrogens with one attached hydrogen (secondary N) is 1. The van der Waals surface area contributed by atoms with Crippen LogP contribution in [0.2, 0.25) is 0 Å². The maximum atomic E-state index is 12.6. The van der Waals surface area contributed by atoms with E-state index in [1.54, 1.807) is 6.21 Å². The van der Waals surface area contributed by atoms with E-state index in [0.717, 1.165) is 41.4 Å². The minimum Gasteiger partial charge on any atom is -0.494 e. The summed E-state index contributed by atoms with van der Waals surface area (Å²) in [7, 11) is 0. The summed E-state index contributed by atoms with van der Waals surface area (Å²) in [6.07, 6.45) is 5.01. The molecule has 3 aromatic carbocycles. The Labute approximate surface area is 247 Å². The Kier molecular flexibility index (Phi) is 10.4. The van der Waals surface area contributed by atoms with Crippen LogP contribution in [0.15, 0.2) is 83.1 Å². The lowest BCUT2D eigenvalue weighted by atomic mass is 9.87. The fourth-order valence-electron chi connectivity index (χ4n) is 4.13. The van der Waals surface area contributed by atoms with Gasteiger partial charge in [0.15, 0.2) is 11.0 Å². The van der Waals surface area contributed by atoms with E-state index in [0.29, 0.717) is 5.16 Å². The molecule has 0 aliphatic heterocycles. The Morgan fingerprint density at radius 2 is 1.68 bits per heavy atom. The predicted octanol–water partition coefficient (Wildman–Crippen LogP) is 7.35. The number of benzene rings is 3. The standard InChI is InChI=1S/C33H39N5O2S/c1-6-7-8-21-40-29-19-11-25(12-20-29)22-34-35-30(39)23-41-32-37-36-31(38(32)28-17-9-24(2)10-18-28)26-13-15-27(16-14-26)33(3,4)5/h9-20,22H,6-8,21,23H2,1-5H3,(H,35,39)/b34-22-. The molecular weight excluding hydrogens is 530 g/mol. The molecule has 0 aliphatic carbocycles. The van der Waals surface area contributed by atoms with E-state index in [2.05, 4.69) is 91.7 Å². The summed E-state index contributed by atoms with van der Waals surface area (Å²) in [5, 5.41) is 13.7. The van der Waals surface area contributed by atoms with Gasteiger partial charge >= 0.3 is 0 Å². The molecule has 0 aliphatic rings. The lowest BCUT2D eigenvalue weighted by molar-refractivity contribution is -0.118. The number of nitrogens with zero attached hydrogens (tertiary/aromatic N) is 4. The zero-order valence-corrected chi connectivity index (χ0v) is 25.4. The van der Waals surface area contributed by atoms with E-state index in [1.165, 1.54) is 35.7 Å². The topological polar surface area (TPSA) is 81.4 Å². The van der Waals surface area contributed by atoms with E-state index in [4.69, 9.17) is 4.74 Å². The van der Waals surface area contributed by atoms with Crippen LogP contribution in [-0.2, 0) is 10.2 Å². The Morgan fingerprint density at radius 3 is 2.34 bits per heavy atom. The first-order valence-electron chi connectivity index (χ1n) is 14.1. The van der Waals surface area contributed by atoms with Crippen LogP contribution in [0, 0.1) is 6.92 Å². The maximum Gasteiger partial charge on any atom is 0.250 e. The lowest BCUT2D eigenvalue weighted by Gasteiger charge is -2.19. The van der Waals surface area contributed by atoms with E-state index >= 15 is 0 Å². The summed E-state index contributed by atoms with van der Waals surface area (Å²) in [6, 6.07) is 24.3. The summed E-state index contributed by atoms with van der Waals surface area (Å²) in [6.45, 7) is 11.5. The first-order valence-corrected chi connectivity index (χ1v) is 15.0. The van der Waals surface area contributed by atoms with Gasteiger partial charge in [0, 0.05) is 11.3 Å². The van der Waals surface area contributed by atoms with Gasteiger partial charge in [0.25, 0.3) is 5.91 Å². The minimum absolute atomic E-state index is 0.0613. The molecule has 1 N–H and O–H groups in total. The molecule has 0 radical (unpaired) electrons. The van der Waals surface area contributed by atoms with E-state index in [-0.39, 0.29) is 17.1 Å². The fraction of sp³-hybridized carbons (Fsp3) is 0.333. The SMILES string of the molecule is CCCCCOc1ccc(/C=N\NC(=O)CSc2nnc(-c3ccc(C(C)(C)C)cc3)n2-c2ccc(C)cc2)cc1. The molecule has 4 rings (SSSR count). The summed E-state index contributed by atoms with van der Waals surface area (Å²) < 4.78 is 7.74. The number of aryl methyl sites for hydroxylation is 1. The number of ether oxygens (including phenoxy) is 1. The summed E-state index contributed by atoms with van der Waals surface area (Å²) in [4.78, 5) is 12.6. The number of unbranched alkanes of at least 4 members (excludes halogenated alkanes) is 2. The minimum atomic E-state index is -0.225. The highest BCUT2D eigenvalue weighted by atomic mass is 32.2. The number of rotatable bonds is 12. The second-order valence-corrected chi connectivity index (χ2v) is 12.0. The zero-order chi connectivity index (χ0) is 29.2. The quantitative estimate of drug-likeness (QED) is 0.0835. The summed E-state index contributed by atoms with van der Waals surface area (Å²) in [5.74, 6) is 1.49. The van der Waals surface area contributed by atoms with Gasteiger partial charge in [-0.2, -0.15) is 5.10 Å². The molecule has 1 amide bonds. The molecule has 7 nitrogen and oxygen atoms in total. The van der Waals surface area contributed by atoms with E-state index < -0.39 is 0 Å². The van der Waals surface area contributed by atoms with Crippen molar-refractivity contribution in [3.63, 3.8) is 0 Å². The van der Waals surface area contributed by atoms with Gasteiger partial charge in [0.05, 0.1) is 18.6 Å². The van der Waals surface area contributed by atoms with Gasteiger partial charge in [0.1, 0.15) is 5.75 Å². The number of amides is 1. The highest BCUT2D eigenvalue weighted by Crippen LogP contribution is 2.30. The summed E-state index contributed by atoms with van der Waals surface area (Å²) in [5.41, 5.74) is 7.86. The third kappa shape index (κ3) is 8.54. The third-order valence-corrected chi connectivity index (χ3v) is 7.50. The van der Waals surface area contributed by atoms with Gasteiger partial charge < -0.3 is 4.74 Å². The first-order chi connectivity index (χ1) is 19.7. The van der Waals surface area contributed by atoms with Crippen molar-refractivity contribution < 1.29 is 9.53 Å². The molecule has 8 heteroatoms. The van der Waals surface area contributed by atoms with Crippen molar-refractivity contribution in [2.45, 2.75) is 64.5 Å². The highest BCUT2D eigenvalue weighted by molar-refractivity contribution is 7.99. The predicted molar refractivity (Wildman–Crippen MR) is 168 cm³/mol. The number of thioether (sulfide) groups is 1. The van der Waals surface area contributed by atoms with Crippen LogP contribution >= 0.6 is 11.8 Å². The van der Waals surface area contributed by atoms with Crippen LogP contribution in [0.4, 0.5) is 0 Å². The third-order valence-electron chi connectivity index (χ3n) is 6.57. The molecule has 0 saturated carbocycles. The van der Waals surface area contributed by atoms with Crippen LogP contribution in [0.3, 0.4) is 0 Å². The average molecular weight is 570 g/mol. The van der Waals surface area contributed by atoms with Gasteiger partial charge in [-0.3, -0.25) is 9.36 Å². The number of hydrogen-bond acceptors (Lipinski definition) is 6. The van der Waals surface area contributed by atoms with E-state index in [9.17, 15) is 4.79 Å². The Balaban J connectivity index is 1.41. The summed E-state index contributed by atoms with van der Waals surface area (Å²) >= 11 is 1.32. The van der Waals surface area contributed by atoms with Gasteiger partial charge in [-0.05, 0) is 66.3 Å². The molecule has 0 unspecified atom stereocenters. The van der Waals surface area contributed by atoms with Crippen molar-refractivity contribution in [3.05, 3.63) is 89.5 Å². The van der Waals surface area contributed by atoms with E-state index in [1.807, 2.05) is 41.0 Å². The van der Waals surface area contributed by atoms with Gasteiger partial charge in [-0.25, -0.2) is 5.43 Å². The number of hydrogen-bond donors (Lipinski definition) is 1.